The van der Waals surface area contributed by atoms with Crippen molar-refractivity contribution in [1.29, 1.82) is 0 Å². The molecule has 4 heteroatoms. The van der Waals surface area contributed by atoms with E-state index in [2.05, 4.69) is 29.4 Å². The van der Waals surface area contributed by atoms with Crippen LogP contribution in [0.4, 0.5) is 0 Å². The molecule has 0 spiro atoms. The fourth-order valence-corrected chi connectivity index (χ4v) is 1.70. The number of rotatable bonds is 6. The Kier molecular flexibility index (Phi) is 4.36. The van der Waals surface area contributed by atoms with Crippen LogP contribution in [0.3, 0.4) is 0 Å². The molecule has 0 saturated heterocycles. The van der Waals surface area contributed by atoms with Crippen LogP contribution in [0.1, 0.15) is 18.2 Å². The standard InChI is InChI=1S/C14H19N3O/c1-3-15-8-12-5-4-6-14(7-12)18-10-13-9-16-11-17(13)2/h4-7,9,11,15H,3,8,10H2,1-2H3. The van der Waals surface area contributed by atoms with E-state index < -0.39 is 0 Å². The van der Waals surface area contributed by atoms with Crippen molar-refractivity contribution in [3.05, 3.63) is 48.0 Å². The second-order valence-electron chi connectivity index (χ2n) is 4.21. The molecule has 1 heterocycles. The van der Waals surface area contributed by atoms with Crippen LogP contribution < -0.4 is 10.1 Å². The van der Waals surface area contributed by atoms with Gasteiger partial charge in [0.2, 0.25) is 0 Å². The highest BCUT2D eigenvalue weighted by Gasteiger charge is 2.01. The van der Waals surface area contributed by atoms with Crippen LogP contribution >= 0.6 is 0 Å². The minimum atomic E-state index is 0.543. The zero-order chi connectivity index (χ0) is 12.8. The van der Waals surface area contributed by atoms with E-state index in [9.17, 15) is 0 Å². The molecule has 18 heavy (non-hydrogen) atoms. The Balaban J connectivity index is 1.95. The molecular weight excluding hydrogens is 226 g/mol. The Labute approximate surface area is 108 Å². The number of imidazole rings is 1. The first-order valence-corrected chi connectivity index (χ1v) is 6.17. The van der Waals surface area contributed by atoms with Gasteiger partial charge in [-0.05, 0) is 24.2 Å². The van der Waals surface area contributed by atoms with Crippen molar-refractivity contribution in [3.63, 3.8) is 0 Å². The van der Waals surface area contributed by atoms with Crippen molar-refractivity contribution in [2.75, 3.05) is 6.54 Å². The maximum absolute atomic E-state index is 5.76. The van der Waals surface area contributed by atoms with Crippen molar-refractivity contribution in [3.8, 4) is 5.75 Å². The quantitative estimate of drug-likeness (QED) is 0.847. The predicted molar refractivity (Wildman–Crippen MR) is 71.4 cm³/mol. The van der Waals surface area contributed by atoms with Gasteiger partial charge in [0, 0.05) is 13.6 Å². The number of benzene rings is 1. The molecule has 0 bridgehead atoms. The van der Waals surface area contributed by atoms with E-state index in [0.717, 1.165) is 24.5 Å². The van der Waals surface area contributed by atoms with Gasteiger partial charge in [0.05, 0.1) is 18.2 Å². The van der Waals surface area contributed by atoms with E-state index in [1.165, 1.54) is 5.56 Å². The van der Waals surface area contributed by atoms with Gasteiger partial charge in [-0.2, -0.15) is 0 Å². The topological polar surface area (TPSA) is 39.1 Å². The minimum Gasteiger partial charge on any atom is -0.487 e. The van der Waals surface area contributed by atoms with Crippen molar-refractivity contribution in [2.45, 2.75) is 20.1 Å². The number of hydrogen-bond donors (Lipinski definition) is 1. The molecule has 4 nitrogen and oxygen atoms in total. The van der Waals surface area contributed by atoms with Gasteiger partial charge in [-0.25, -0.2) is 4.98 Å². The summed E-state index contributed by atoms with van der Waals surface area (Å²) in [5.41, 5.74) is 2.30. The van der Waals surface area contributed by atoms with Gasteiger partial charge in [-0.15, -0.1) is 0 Å². The number of nitrogens with one attached hydrogen (secondary N) is 1. The lowest BCUT2D eigenvalue weighted by atomic mass is 10.2. The van der Waals surface area contributed by atoms with Crippen LogP contribution in [0.25, 0.3) is 0 Å². The molecule has 2 aromatic rings. The monoisotopic (exact) mass is 245 g/mol. The Morgan fingerprint density at radius 2 is 2.28 bits per heavy atom. The largest absolute Gasteiger partial charge is 0.487 e. The molecule has 0 aliphatic rings. The SMILES string of the molecule is CCNCc1cccc(OCc2cncn2C)c1. The molecule has 1 N–H and O–H groups in total. The molecule has 0 atom stereocenters. The summed E-state index contributed by atoms with van der Waals surface area (Å²) in [4.78, 5) is 4.07. The molecule has 96 valence electrons. The molecule has 0 aliphatic carbocycles. The predicted octanol–water partition coefficient (Wildman–Crippen LogP) is 2.11. The van der Waals surface area contributed by atoms with Crippen molar-refractivity contribution >= 4 is 0 Å². The van der Waals surface area contributed by atoms with Crippen molar-refractivity contribution in [2.24, 2.45) is 7.05 Å². The molecule has 0 amide bonds. The van der Waals surface area contributed by atoms with Gasteiger partial charge in [0.15, 0.2) is 0 Å². The number of nitrogens with zero attached hydrogens (tertiary/aromatic N) is 2. The first-order chi connectivity index (χ1) is 8.79. The summed E-state index contributed by atoms with van der Waals surface area (Å²) in [6.07, 6.45) is 3.60. The first-order valence-electron chi connectivity index (χ1n) is 6.17. The second-order valence-corrected chi connectivity index (χ2v) is 4.21. The molecule has 1 aromatic carbocycles. The van der Waals surface area contributed by atoms with Gasteiger partial charge in [0.1, 0.15) is 12.4 Å². The summed E-state index contributed by atoms with van der Waals surface area (Å²) in [5, 5.41) is 3.30. The van der Waals surface area contributed by atoms with E-state index in [1.807, 2.05) is 29.9 Å². The highest BCUT2D eigenvalue weighted by molar-refractivity contribution is 5.28. The van der Waals surface area contributed by atoms with Gasteiger partial charge in [0.25, 0.3) is 0 Å². The van der Waals surface area contributed by atoms with Crippen LogP contribution in [0.5, 0.6) is 5.75 Å². The third-order valence-electron chi connectivity index (χ3n) is 2.78. The number of hydrogen-bond acceptors (Lipinski definition) is 3. The van der Waals surface area contributed by atoms with Crippen LogP contribution in [0.2, 0.25) is 0 Å². The first kappa shape index (κ1) is 12.6. The normalized spacial score (nSPS) is 10.6. The number of ether oxygens (including phenoxy) is 1. The molecular formula is C14H19N3O. The number of aromatic nitrogens is 2. The van der Waals surface area contributed by atoms with Crippen LogP contribution in [-0.4, -0.2) is 16.1 Å². The van der Waals surface area contributed by atoms with Gasteiger partial charge < -0.3 is 14.6 Å². The highest BCUT2D eigenvalue weighted by Crippen LogP contribution is 2.14. The lowest BCUT2D eigenvalue weighted by Gasteiger charge is -2.08. The molecule has 1 aromatic heterocycles. The van der Waals surface area contributed by atoms with Crippen molar-refractivity contribution in [1.82, 2.24) is 14.9 Å². The fraction of sp³-hybridized carbons (Fsp3) is 0.357. The maximum Gasteiger partial charge on any atom is 0.130 e. The van der Waals surface area contributed by atoms with E-state index >= 15 is 0 Å². The molecule has 0 saturated carbocycles. The second kappa shape index (κ2) is 6.21. The summed E-state index contributed by atoms with van der Waals surface area (Å²) in [6, 6.07) is 8.16. The maximum atomic E-state index is 5.76. The molecule has 0 fully saturated rings. The molecule has 2 rings (SSSR count). The minimum absolute atomic E-state index is 0.543. The van der Waals surface area contributed by atoms with E-state index in [0.29, 0.717) is 6.61 Å². The van der Waals surface area contributed by atoms with Crippen LogP contribution in [0, 0.1) is 0 Å². The lowest BCUT2D eigenvalue weighted by Crippen LogP contribution is -2.11. The van der Waals surface area contributed by atoms with E-state index in [4.69, 9.17) is 4.74 Å². The van der Waals surface area contributed by atoms with Crippen LogP contribution in [-0.2, 0) is 20.2 Å². The van der Waals surface area contributed by atoms with E-state index in [1.54, 1.807) is 6.33 Å². The van der Waals surface area contributed by atoms with Gasteiger partial charge in [-0.3, -0.25) is 0 Å². The fourth-order valence-electron chi connectivity index (χ4n) is 1.70. The smallest absolute Gasteiger partial charge is 0.130 e. The molecule has 0 aliphatic heterocycles. The summed E-state index contributed by atoms with van der Waals surface area (Å²) in [5.74, 6) is 0.895. The Morgan fingerprint density at radius 1 is 1.39 bits per heavy atom. The van der Waals surface area contributed by atoms with Crippen LogP contribution in [0.15, 0.2) is 36.8 Å². The Morgan fingerprint density at radius 3 is 3.00 bits per heavy atom. The zero-order valence-corrected chi connectivity index (χ0v) is 10.9. The van der Waals surface area contributed by atoms with E-state index in [-0.39, 0.29) is 0 Å². The highest BCUT2D eigenvalue weighted by atomic mass is 16.5. The molecule has 0 radical (unpaired) electrons. The lowest BCUT2D eigenvalue weighted by molar-refractivity contribution is 0.297. The Bertz CT molecular complexity index is 493. The van der Waals surface area contributed by atoms with Gasteiger partial charge in [-0.1, -0.05) is 19.1 Å². The Hall–Kier alpha value is -1.81. The van der Waals surface area contributed by atoms with Gasteiger partial charge >= 0.3 is 0 Å². The third-order valence-corrected chi connectivity index (χ3v) is 2.78. The average Bonchev–Trinajstić information content (AvgIpc) is 2.80. The molecule has 0 unspecified atom stereocenters. The zero-order valence-electron chi connectivity index (χ0n) is 10.9. The number of aryl methyl sites for hydroxylation is 1. The van der Waals surface area contributed by atoms with Crippen molar-refractivity contribution < 1.29 is 4.74 Å². The summed E-state index contributed by atoms with van der Waals surface area (Å²) in [6.45, 7) is 4.49. The summed E-state index contributed by atoms with van der Waals surface area (Å²) >= 11 is 0. The summed E-state index contributed by atoms with van der Waals surface area (Å²) in [7, 11) is 1.97. The average molecular weight is 245 g/mol. The third kappa shape index (κ3) is 3.34. The summed E-state index contributed by atoms with van der Waals surface area (Å²) < 4.78 is 7.72.